The summed E-state index contributed by atoms with van der Waals surface area (Å²) in [5.74, 6) is 0.134. The molecule has 4 nitrogen and oxygen atoms in total. The number of hydrogen-bond donors (Lipinski definition) is 1. The van der Waals surface area contributed by atoms with Crippen molar-refractivity contribution < 1.29 is 9.18 Å². The number of nitrogens with one attached hydrogen (secondary N) is 1. The molecule has 21 heavy (non-hydrogen) atoms. The maximum atomic E-state index is 13.9. The van der Waals surface area contributed by atoms with Gasteiger partial charge in [-0.05, 0) is 34.8 Å². The Hall–Kier alpha value is -1.17. The summed E-state index contributed by atoms with van der Waals surface area (Å²) < 4.78 is 14.5. The zero-order chi connectivity index (χ0) is 15.6. The van der Waals surface area contributed by atoms with Gasteiger partial charge in [0.25, 0.3) is 0 Å². The number of hydrogen-bond acceptors (Lipinski definition) is 3. The van der Waals surface area contributed by atoms with Gasteiger partial charge in [-0.25, -0.2) is 9.37 Å². The third-order valence-corrected chi connectivity index (χ3v) is 4.03. The first-order chi connectivity index (χ1) is 9.77. The number of halogens is 2. The molecule has 6 heteroatoms. The van der Waals surface area contributed by atoms with Crippen LogP contribution < -0.4 is 10.2 Å². The Morgan fingerprint density at radius 3 is 2.57 bits per heavy atom. The normalized spacial score (nSPS) is 16.9. The van der Waals surface area contributed by atoms with Gasteiger partial charge in [0.2, 0.25) is 5.91 Å². The minimum absolute atomic E-state index is 0.0638. The van der Waals surface area contributed by atoms with Gasteiger partial charge in [-0.3, -0.25) is 4.79 Å². The highest BCUT2D eigenvalue weighted by Gasteiger charge is 2.27. The molecule has 2 rings (SSSR count). The van der Waals surface area contributed by atoms with Gasteiger partial charge in [0.15, 0.2) is 11.6 Å². The molecule has 0 radical (unpaired) electrons. The van der Waals surface area contributed by atoms with Gasteiger partial charge in [-0.15, -0.1) is 0 Å². The van der Waals surface area contributed by atoms with Crippen molar-refractivity contribution >= 4 is 27.7 Å². The second-order valence-electron chi connectivity index (χ2n) is 6.44. The smallest absolute Gasteiger partial charge is 0.225 e. The molecule has 0 saturated carbocycles. The van der Waals surface area contributed by atoms with Gasteiger partial charge in [0.05, 0.1) is 0 Å². The molecule has 0 aromatic carbocycles. The second kappa shape index (κ2) is 6.30. The number of pyridine rings is 1. The van der Waals surface area contributed by atoms with E-state index in [1.165, 1.54) is 6.07 Å². The molecule has 1 aliphatic heterocycles. The van der Waals surface area contributed by atoms with Crippen LogP contribution in [0.4, 0.5) is 10.2 Å². The lowest BCUT2D eigenvalue weighted by Crippen LogP contribution is -2.48. The number of piperidine rings is 1. The van der Waals surface area contributed by atoms with Crippen LogP contribution in [-0.4, -0.2) is 30.0 Å². The molecular formula is C15H21BrFN3O. The van der Waals surface area contributed by atoms with E-state index in [4.69, 9.17) is 0 Å². The summed E-state index contributed by atoms with van der Waals surface area (Å²) in [4.78, 5) is 18.0. The van der Waals surface area contributed by atoms with Crippen LogP contribution >= 0.6 is 15.9 Å². The van der Waals surface area contributed by atoms with Gasteiger partial charge in [-0.2, -0.15) is 0 Å². The van der Waals surface area contributed by atoms with E-state index in [0.717, 1.165) is 12.8 Å². The van der Waals surface area contributed by atoms with E-state index in [1.54, 1.807) is 6.20 Å². The summed E-state index contributed by atoms with van der Waals surface area (Å²) in [7, 11) is 0. The summed E-state index contributed by atoms with van der Waals surface area (Å²) in [6.45, 7) is 7.09. The highest BCUT2D eigenvalue weighted by atomic mass is 79.9. The topological polar surface area (TPSA) is 45.2 Å². The average molecular weight is 358 g/mol. The van der Waals surface area contributed by atoms with Crippen molar-refractivity contribution in [2.45, 2.75) is 39.7 Å². The molecule has 1 amide bonds. The summed E-state index contributed by atoms with van der Waals surface area (Å²) in [6, 6.07) is 1.59. The van der Waals surface area contributed by atoms with E-state index in [1.807, 2.05) is 25.7 Å². The Kier molecular flexibility index (Phi) is 4.86. The van der Waals surface area contributed by atoms with Crippen molar-refractivity contribution in [1.82, 2.24) is 10.3 Å². The first kappa shape index (κ1) is 16.2. The number of carbonyl (C=O) groups excluding carboxylic acids is 1. The van der Waals surface area contributed by atoms with E-state index in [2.05, 4.69) is 26.2 Å². The third kappa shape index (κ3) is 4.15. The zero-order valence-electron chi connectivity index (χ0n) is 12.6. The standard InChI is InChI=1S/C15H21BrFN3O/c1-15(2,3)14(21)19-11-4-6-20(7-5-11)13-12(17)8-10(16)9-18-13/h8-9,11H,4-7H2,1-3H3,(H,19,21). The molecule has 0 spiro atoms. The summed E-state index contributed by atoms with van der Waals surface area (Å²) in [6.07, 6.45) is 3.21. The fraction of sp³-hybridized carbons (Fsp3) is 0.600. The van der Waals surface area contributed by atoms with E-state index >= 15 is 0 Å². The van der Waals surface area contributed by atoms with Gasteiger partial charge in [0.1, 0.15) is 0 Å². The number of amides is 1. The first-order valence-electron chi connectivity index (χ1n) is 7.14. The number of anilines is 1. The SMILES string of the molecule is CC(C)(C)C(=O)NC1CCN(c2ncc(Br)cc2F)CC1. The summed E-state index contributed by atoms with van der Waals surface area (Å²) in [5, 5.41) is 3.07. The fourth-order valence-corrected chi connectivity index (χ4v) is 2.58. The summed E-state index contributed by atoms with van der Waals surface area (Å²) >= 11 is 3.21. The minimum Gasteiger partial charge on any atom is -0.354 e. The van der Waals surface area contributed by atoms with Crippen LogP contribution in [0.3, 0.4) is 0 Å². The number of rotatable bonds is 2. The number of aromatic nitrogens is 1. The number of nitrogens with zero attached hydrogens (tertiary/aromatic N) is 2. The predicted molar refractivity (Wildman–Crippen MR) is 84.7 cm³/mol. The van der Waals surface area contributed by atoms with Crippen molar-refractivity contribution in [2.24, 2.45) is 5.41 Å². The molecule has 1 aliphatic rings. The minimum atomic E-state index is -0.378. The highest BCUT2D eigenvalue weighted by molar-refractivity contribution is 9.10. The molecule has 1 aromatic heterocycles. The van der Waals surface area contributed by atoms with Crippen LogP contribution in [0, 0.1) is 11.2 Å². The van der Waals surface area contributed by atoms with Crippen LogP contribution in [0.1, 0.15) is 33.6 Å². The molecule has 116 valence electrons. The van der Waals surface area contributed by atoms with Gasteiger partial charge >= 0.3 is 0 Å². The van der Waals surface area contributed by atoms with Crippen molar-refractivity contribution in [2.75, 3.05) is 18.0 Å². The lowest BCUT2D eigenvalue weighted by Gasteiger charge is -2.34. The Labute approximate surface area is 133 Å². The lowest BCUT2D eigenvalue weighted by atomic mass is 9.94. The van der Waals surface area contributed by atoms with E-state index < -0.39 is 0 Å². The van der Waals surface area contributed by atoms with Gasteiger partial charge in [0, 0.05) is 35.2 Å². The molecule has 0 unspecified atom stereocenters. The lowest BCUT2D eigenvalue weighted by molar-refractivity contribution is -0.129. The van der Waals surface area contributed by atoms with Crippen molar-refractivity contribution in [3.05, 3.63) is 22.6 Å². The Morgan fingerprint density at radius 1 is 1.43 bits per heavy atom. The van der Waals surface area contributed by atoms with Crippen LogP contribution in [-0.2, 0) is 4.79 Å². The van der Waals surface area contributed by atoms with Gasteiger partial charge in [-0.1, -0.05) is 20.8 Å². The molecule has 2 heterocycles. The van der Waals surface area contributed by atoms with Crippen LogP contribution in [0.2, 0.25) is 0 Å². The quantitative estimate of drug-likeness (QED) is 0.884. The van der Waals surface area contributed by atoms with Crippen LogP contribution in [0.25, 0.3) is 0 Å². The van der Waals surface area contributed by atoms with Crippen molar-refractivity contribution in [1.29, 1.82) is 0 Å². The summed E-state index contributed by atoms with van der Waals surface area (Å²) in [5.41, 5.74) is -0.378. The van der Waals surface area contributed by atoms with Crippen LogP contribution in [0.5, 0.6) is 0 Å². The maximum Gasteiger partial charge on any atom is 0.225 e. The highest BCUT2D eigenvalue weighted by Crippen LogP contribution is 2.24. The fourth-order valence-electron chi connectivity index (χ4n) is 2.28. The molecule has 0 atom stereocenters. The van der Waals surface area contributed by atoms with E-state index in [0.29, 0.717) is 23.4 Å². The van der Waals surface area contributed by atoms with E-state index in [9.17, 15) is 9.18 Å². The van der Waals surface area contributed by atoms with Gasteiger partial charge < -0.3 is 10.2 Å². The Balaban J connectivity index is 1.93. The first-order valence-corrected chi connectivity index (χ1v) is 7.93. The van der Waals surface area contributed by atoms with E-state index in [-0.39, 0.29) is 23.2 Å². The Morgan fingerprint density at radius 2 is 2.05 bits per heavy atom. The molecule has 1 fully saturated rings. The maximum absolute atomic E-state index is 13.9. The van der Waals surface area contributed by atoms with Crippen molar-refractivity contribution in [3.8, 4) is 0 Å². The van der Waals surface area contributed by atoms with Crippen molar-refractivity contribution in [3.63, 3.8) is 0 Å². The largest absolute Gasteiger partial charge is 0.354 e. The monoisotopic (exact) mass is 357 g/mol. The average Bonchev–Trinajstić information content (AvgIpc) is 2.39. The molecule has 1 saturated heterocycles. The predicted octanol–water partition coefficient (Wildman–Crippen LogP) is 3.11. The molecular weight excluding hydrogens is 337 g/mol. The Bertz CT molecular complexity index is 522. The molecule has 0 aliphatic carbocycles. The molecule has 1 aromatic rings. The number of carbonyl (C=O) groups is 1. The molecule has 1 N–H and O–H groups in total. The zero-order valence-corrected chi connectivity index (χ0v) is 14.2. The third-order valence-electron chi connectivity index (χ3n) is 3.60. The molecule has 0 bridgehead atoms. The second-order valence-corrected chi connectivity index (χ2v) is 7.36. The van der Waals surface area contributed by atoms with Crippen LogP contribution in [0.15, 0.2) is 16.7 Å².